The molecule has 1 aromatic carbocycles. The molecule has 0 aliphatic carbocycles. The number of aromatic nitrogens is 1. The van der Waals surface area contributed by atoms with Gasteiger partial charge in [0, 0.05) is 11.4 Å². The molecule has 114 valence electrons. The number of hydrogen-bond acceptors (Lipinski definition) is 4. The molecular weight excluding hydrogens is 287 g/mol. The summed E-state index contributed by atoms with van der Waals surface area (Å²) in [6.07, 6.45) is 1.07. The van der Waals surface area contributed by atoms with Crippen LogP contribution in [-0.4, -0.2) is 11.5 Å². The van der Waals surface area contributed by atoms with E-state index in [0.29, 0.717) is 13.2 Å². The molecule has 0 fully saturated rings. The topological polar surface area (TPSA) is 34.1 Å². The van der Waals surface area contributed by atoms with E-state index in [-0.39, 0.29) is 11.6 Å². The van der Waals surface area contributed by atoms with Crippen molar-refractivity contribution in [3.05, 3.63) is 45.2 Å². The van der Waals surface area contributed by atoms with Crippen molar-refractivity contribution in [2.45, 2.75) is 40.3 Å². The van der Waals surface area contributed by atoms with Gasteiger partial charge in [-0.25, -0.2) is 9.37 Å². The predicted octanol–water partition coefficient (Wildman–Crippen LogP) is 3.98. The largest absolute Gasteiger partial charge is 0.483 e. The third kappa shape index (κ3) is 4.51. The number of nitrogens with zero attached hydrogens (tertiary/aromatic N) is 1. The molecule has 0 aliphatic heterocycles. The van der Waals surface area contributed by atoms with Crippen LogP contribution in [0.3, 0.4) is 0 Å². The smallest absolute Gasteiger partial charge is 0.165 e. The normalized spacial score (nSPS) is 10.9. The van der Waals surface area contributed by atoms with Crippen LogP contribution in [0.4, 0.5) is 4.39 Å². The fraction of sp³-hybridized carbons (Fsp3) is 0.438. The van der Waals surface area contributed by atoms with Gasteiger partial charge in [-0.1, -0.05) is 13.0 Å². The third-order valence-electron chi connectivity index (χ3n) is 3.18. The van der Waals surface area contributed by atoms with Crippen molar-refractivity contribution in [2.75, 3.05) is 6.54 Å². The van der Waals surface area contributed by atoms with Gasteiger partial charge in [0.1, 0.15) is 11.6 Å². The Balaban J connectivity index is 1.94. The van der Waals surface area contributed by atoms with Crippen LogP contribution < -0.4 is 10.1 Å². The van der Waals surface area contributed by atoms with E-state index in [2.05, 4.69) is 17.2 Å². The highest BCUT2D eigenvalue weighted by molar-refractivity contribution is 7.11. The van der Waals surface area contributed by atoms with Crippen molar-refractivity contribution >= 4 is 11.3 Å². The lowest BCUT2D eigenvalue weighted by atomic mass is 10.2. The van der Waals surface area contributed by atoms with Gasteiger partial charge in [0.15, 0.2) is 11.6 Å². The first kappa shape index (κ1) is 15.9. The van der Waals surface area contributed by atoms with Crippen molar-refractivity contribution < 1.29 is 9.13 Å². The summed E-state index contributed by atoms with van der Waals surface area (Å²) in [7, 11) is 0. The number of nitrogens with one attached hydrogen (secondary N) is 1. The number of thiazole rings is 1. The highest BCUT2D eigenvalue weighted by atomic mass is 32.1. The predicted molar refractivity (Wildman–Crippen MR) is 84.3 cm³/mol. The van der Waals surface area contributed by atoms with Crippen molar-refractivity contribution in [3.8, 4) is 5.75 Å². The van der Waals surface area contributed by atoms with E-state index in [4.69, 9.17) is 4.74 Å². The molecule has 21 heavy (non-hydrogen) atoms. The summed E-state index contributed by atoms with van der Waals surface area (Å²) in [4.78, 5) is 5.56. The molecular formula is C16H21FN2OS. The van der Waals surface area contributed by atoms with Crippen LogP contribution >= 0.6 is 11.3 Å². The standard InChI is InChI=1S/C16H21FN2OS/c1-4-7-18-9-13-5-6-15(14(17)8-13)20-10-16-19-11(2)12(3)21-16/h5-6,8,18H,4,7,9-10H2,1-3H3. The number of halogens is 1. The zero-order valence-electron chi connectivity index (χ0n) is 12.7. The lowest BCUT2D eigenvalue weighted by Crippen LogP contribution is -2.13. The molecule has 0 atom stereocenters. The molecule has 0 bridgehead atoms. The van der Waals surface area contributed by atoms with Crippen LogP contribution in [0, 0.1) is 19.7 Å². The Morgan fingerprint density at radius 1 is 1.33 bits per heavy atom. The van der Waals surface area contributed by atoms with E-state index < -0.39 is 0 Å². The number of rotatable bonds is 7. The van der Waals surface area contributed by atoms with Gasteiger partial charge in [0.2, 0.25) is 0 Å². The maximum Gasteiger partial charge on any atom is 0.165 e. The van der Waals surface area contributed by atoms with Gasteiger partial charge in [-0.3, -0.25) is 0 Å². The molecule has 1 heterocycles. The Hall–Kier alpha value is -1.46. The van der Waals surface area contributed by atoms with Crippen molar-refractivity contribution in [1.82, 2.24) is 10.3 Å². The minimum atomic E-state index is -0.323. The highest BCUT2D eigenvalue weighted by Crippen LogP contribution is 2.22. The SMILES string of the molecule is CCCNCc1ccc(OCc2nc(C)c(C)s2)c(F)c1. The molecule has 0 unspecified atom stereocenters. The van der Waals surface area contributed by atoms with Crippen LogP contribution in [0.1, 0.15) is 34.5 Å². The minimum absolute atomic E-state index is 0.278. The van der Waals surface area contributed by atoms with E-state index in [9.17, 15) is 4.39 Å². The fourth-order valence-corrected chi connectivity index (χ4v) is 2.77. The van der Waals surface area contributed by atoms with Crippen molar-refractivity contribution in [2.24, 2.45) is 0 Å². The summed E-state index contributed by atoms with van der Waals surface area (Å²) in [6.45, 7) is 8.01. The van der Waals surface area contributed by atoms with Crippen LogP contribution in [0.5, 0.6) is 5.75 Å². The zero-order chi connectivity index (χ0) is 15.2. The second-order valence-electron chi connectivity index (χ2n) is 4.98. The monoisotopic (exact) mass is 308 g/mol. The summed E-state index contributed by atoms with van der Waals surface area (Å²) in [6, 6.07) is 5.10. The molecule has 0 radical (unpaired) electrons. The van der Waals surface area contributed by atoms with Crippen LogP contribution in [-0.2, 0) is 13.2 Å². The van der Waals surface area contributed by atoms with Gasteiger partial charge in [-0.05, 0) is 44.5 Å². The first-order valence-electron chi connectivity index (χ1n) is 7.15. The fourth-order valence-electron chi connectivity index (χ4n) is 1.92. The molecule has 0 spiro atoms. The molecule has 0 aliphatic rings. The number of aryl methyl sites for hydroxylation is 2. The molecule has 2 aromatic rings. The van der Waals surface area contributed by atoms with E-state index >= 15 is 0 Å². The average molecular weight is 308 g/mol. The first-order chi connectivity index (χ1) is 10.1. The number of hydrogen-bond donors (Lipinski definition) is 1. The molecule has 0 saturated heterocycles. The first-order valence-corrected chi connectivity index (χ1v) is 7.96. The van der Waals surface area contributed by atoms with Crippen LogP contribution in [0.2, 0.25) is 0 Å². The third-order valence-corrected chi connectivity index (χ3v) is 4.22. The summed E-state index contributed by atoms with van der Waals surface area (Å²) < 4.78 is 19.5. The van der Waals surface area contributed by atoms with Gasteiger partial charge in [0.05, 0.1) is 5.69 Å². The summed E-state index contributed by atoms with van der Waals surface area (Å²) in [5.41, 5.74) is 1.94. The Kier molecular flexibility index (Phi) is 5.70. The Morgan fingerprint density at radius 3 is 2.76 bits per heavy atom. The van der Waals surface area contributed by atoms with E-state index in [0.717, 1.165) is 29.2 Å². The zero-order valence-corrected chi connectivity index (χ0v) is 13.5. The van der Waals surface area contributed by atoms with Gasteiger partial charge >= 0.3 is 0 Å². The summed E-state index contributed by atoms with van der Waals surface area (Å²) in [5, 5.41) is 4.12. The van der Waals surface area contributed by atoms with E-state index in [1.807, 2.05) is 19.9 Å². The molecule has 0 amide bonds. The molecule has 1 aromatic heterocycles. The second kappa shape index (κ2) is 7.52. The van der Waals surface area contributed by atoms with Gasteiger partial charge < -0.3 is 10.1 Å². The quantitative estimate of drug-likeness (QED) is 0.786. The van der Waals surface area contributed by atoms with Crippen LogP contribution in [0.15, 0.2) is 18.2 Å². The van der Waals surface area contributed by atoms with Crippen molar-refractivity contribution in [3.63, 3.8) is 0 Å². The number of benzene rings is 1. The summed E-state index contributed by atoms with van der Waals surface area (Å²) >= 11 is 1.59. The molecule has 5 heteroatoms. The van der Waals surface area contributed by atoms with E-state index in [1.165, 1.54) is 10.9 Å². The Morgan fingerprint density at radius 2 is 2.14 bits per heavy atom. The maximum absolute atomic E-state index is 14.0. The van der Waals surface area contributed by atoms with Gasteiger partial charge in [0.25, 0.3) is 0 Å². The maximum atomic E-state index is 14.0. The van der Waals surface area contributed by atoms with Gasteiger partial charge in [-0.15, -0.1) is 11.3 Å². The molecule has 0 saturated carbocycles. The van der Waals surface area contributed by atoms with Gasteiger partial charge in [-0.2, -0.15) is 0 Å². The highest BCUT2D eigenvalue weighted by Gasteiger charge is 2.08. The molecule has 1 N–H and O–H groups in total. The number of ether oxygens (including phenoxy) is 1. The lowest BCUT2D eigenvalue weighted by molar-refractivity contribution is 0.289. The van der Waals surface area contributed by atoms with Crippen molar-refractivity contribution in [1.29, 1.82) is 0 Å². The lowest BCUT2D eigenvalue weighted by Gasteiger charge is -2.08. The molecule has 2 rings (SSSR count). The second-order valence-corrected chi connectivity index (χ2v) is 6.27. The summed E-state index contributed by atoms with van der Waals surface area (Å²) in [5.74, 6) is -0.0458. The van der Waals surface area contributed by atoms with E-state index in [1.54, 1.807) is 17.4 Å². The molecule has 3 nitrogen and oxygen atoms in total. The Bertz CT molecular complexity index is 578. The average Bonchev–Trinajstić information content (AvgIpc) is 2.77. The minimum Gasteiger partial charge on any atom is -0.483 e. The van der Waals surface area contributed by atoms with Crippen LogP contribution in [0.25, 0.3) is 0 Å². The Labute approximate surface area is 129 Å².